The maximum atomic E-state index is 11.3. The van der Waals surface area contributed by atoms with Crippen LogP contribution in [0.2, 0.25) is 0 Å². The summed E-state index contributed by atoms with van der Waals surface area (Å²) in [6.07, 6.45) is 2.34. The fraction of sp³-hybridized carbons (Fsp3) is 0.462. The van der Waals surface area contributed by atoms with E-state index in [2.05, 4.69) is 0 Å². The molecule has 1 atom stereocenters. The van der Waals surface area contributed by atoms with E-state index >= 15 is 0 Å². The topological polar surface area (TPSA) is 52.3 Å². The summed E-state index contributed by atoms with van der Waals surface area (Å²) >= 11 is 0. The molecular formula is C13H19NO2. The molecule has 0 heterocycles. The van der Waals surface area contributed by atoms with Gasteiger partial charge in [-0.3, -0.25) is 10.5 Å². The van der Waals surface area contributed by atoms with Gasteiger partial charge in [-0.05, 0) is 12.0 Å². The van der Waals surface area contributed by atoms with E-state index < -0.39 is 6.23 Å². The smallest absolute Gasteiger partial charge is 0.307 e. The number of carbonyl (C=O) groups excluding carboxylic acids is 1. The third-order valence-electron chi connectivity index (χ3n) is 2.30. The Morgan fingerprint density at radius 3 is 2.69 bits per heavy atom. The zero-order valence-corrected chi connectivity index (χ0v) is 9.69. The number of hydrogen-bond donors (Lipinski definition) is 1. The molecule has 0 fully saturated rings. The normalized spacial score (nSPS) is 12.1. The SMILES string of the molecule is CCCCC(=O)O[C@@H](N)Cc1ccccc1. The molecule has 0 aliphatic carbocycles. The lowest BCUT2D eigenvalue weighted by atomic mass is 10.1. The summed E-state index contributed by atoms with van der Waals surface area (Å²) in [5.74, 6) is -0.203. The molecular weight excluding hydrogens is 202 g/mol. The molecule has 1 aromatic rings. The highest BCUT2D eigenvalue weighted by molar-refractivity contribution is 5.69. The van der Waals surface area contributed by atoms with Crippen molar-refractivity contribution in [1.29, 1.82) is 0 Å². The van der Waals surface area contributed by atoms with Crippen LogP contribution in [-0.4, -0.2) is 12.2 Å². The van der Waals surface area contributed by atoms with E-state index in [0.29, 0.717) is 12.8 Å². The molecule has 0 aromatic heterocycles. The molecule has 3 heteroatoms. The third kappa shape index (κ3) is 4.94. The van der Waals surface area contributed by atoms with Gasteiger partial charge in [0.05, 0.1) is 0 Å². The first-order chi connectivity index (χ1) is 7.72. The Kier molecular flexibility index (Phi) is 5.57. The quantitative estimate of drug-likeness (QED) is 0.592. The number of ether oxygens (including phenoxy) is 1. The van der Waals surface area contributed by atoms with Gasteiger partial charge >= 0.3 is 5.97 Å². The Balaban J connectivity index is 2.30. The molecule has 0 saturated heterocycles. The van der Waals surface area contributed by atoms with Gasteiger partial charge in [-0.1, -0.05) is 43.7 Å². The van der Waals surface area contributed by atoms with Gasteiger partial charge in [0.25, 0.3) is 0 Å². The van der Waals surface area contributed by atoms with Crippen LogP contribution < -0.4 is 5.73 Å². The number of carbonyl (C=O) groups is 1. The van der Waals surface area contributed by atoms with E-state index in [-0.39, 0.29) is 5.97 Å². The summed E-state index contributed by atoms with van der Waals surface area (Å²) in [6.45, 7) is 2.04. The van der Waals surface area contributed by atoms with Crippen molar-refractivity contribution in [2.45, 2.75) is 38.8 Å². The van der Waals surface area contributed by atoms with Gasteiger partial charge in [-0.15, -0.1) is 0 Å². The van der Waals surface area contributed by atoms with Crippen LogP contribution in [0.3, 0.4) is 0 Å². The molecule has 0 amide bonds. The lowest BCUT2D eigenvalue weighted by molar-refractivity contribution is -0.148. The van der Waals surface area contributed by atoms with Crippen LogP contribution in [0.1, 0.15) is 31.7 Å². The minimum Gasteiger partial charge on any atom is -0.446 e. The predicted molar refractivity (Wildman–Crippen MR) is 63.7 cm³/mol. The van der Waals surface area contributed by atoms with Crippen molar-refractivity contribution in [1.82, 2.24) is 0 Å². The zero-order chi connectivity index (χ0) is 11.8. The highest BCUT2D eigenvalue weighted by Crippen LogP contribution is 2.04. The second-order valence-electron chi connectivity index (χ2n) is 3.82. The largest absolute Gasteiger partial charge is 0.446 e. The second kappa shape index (κ2) is 7.01. The summed E-state index contributed by atoms with van der Waals surface area (Å²) < 4.78 is 5.10. The average Bonchev–Trinajstić information content (AvgIpc) is 2.27. The molecule has 2 N–H and O–H groups in total. The van der Waals surface area contributed by atoms with E-state index in [1.54, 1.807) is 0 Å². The Morgan fingerprint density at radius 2 is 2.06 bits per heavy atom. The van der Waals surface area contributed by atoms with Crippen LogP contribution in [0.15, 0.2) is 30.3 Å². The summed E-state index contributed by atoms with van der Waals surface area (Å²) in [6, 6.07) is 9.78. The fourth-order valence-electron chi connectivity index (χ4n) is 1.44. The van der Waals surface area contributed by atoms with Crippen LogP contribution >= 0.6 is 0 Å². The Hall–Kier alpha value is -1.35. The Morgan fingerprint density at radius 1 is 1.38 bits per heavy atom. The number of unbranched alkanes of at least 4 members (excludes halogenated alkanes) is 1. The zero-order valence-electron chi connectivity index (χ0n) is 9.69. The van der Waals surface area contributed by atoms with E-state index in [0.717, 1.165) is 18.4 Å². The Bertz CT molecular complexity index is 311. The van der Waals surface area contributed by atoms with E-state index in [4.69, 9.17) is 10.5 Å². The molecule has 16 heavy (non-hydrogen) atoms. The second-order valence-corrected chi connectivity index (χ2v) is 3.82. The summed E-state index contributed by atoms with van der Waals surface area (Å²) in [7, 11) is 0. The van der Waals surface area contributed by atoms with Crippen LogP contribution in [-0.2, 0) is 16.0 Å². The molecule has 3 nitrogen and oxygen atoms in total. The van der Waals surface area contributed by atoms with E-state index in [9.17, 15) is 4.79 Å². The minimum atomic E-state index is -0.535. The van der Waals surface area contributed by atoms with Gasteiger partial charge in [0.2, 0.25) is 0 Å². The van der Waals surface area contributed by atoms with Crippen molar-refractivity contribution in [2.75, 3.05) is 0 Å². The molecule has 0 aliphatic rings. The number of esters is 1. The highest BCUT2D eigenvalue weighted by atomic mass is 16.6. The van der Waals surface area contributed by atoms with Gasteiger partial charge in [-0.2, -0.15) is 0 Å². The number of nitrogens with two attached hydrogens (primary N) is 1. The molecule has 0 spiro atoms. The van der Waals surface area contributed by atoms with Crippen molar-refractivity contribution < 1.29 is 9.53 Å². The molecule has 0 saturated carbocycles. The first kappa shape index (κ1) is 12.7. The van der Waals surface area contributed by atoms with Crippen LogP contribution in [0.5, 0.6) is 0 Å². The molecule has 1 rings (SSSR count). The monoisotopic (exact) mass is 221 g/mol. The van der Waals surface area contributed by atoms with Crippen molar-refractivity contribution in [3.05, 3.63) is 35.9 Å². The van der Waals surface area contributed by atoms with Gasteiger partial charge in [0, 0.05) is 12.8 Å². The van der Waals surface area contributed by atoms with Crippen molar-refractivity contribution in [3.8, 4) is 0 Å². The third-order valence-corrected chi connectivity index (χ3v) is 2.30. The van der Waals surface area contributed by atoms with Crippen LogP contribution in [0.25, 0.3) is 0 Å². The molecule has 0 radical (unpaired) electrons. The van der Waals surface area contributed by atoms with Crippen molar-refractivity contribution in [2.24, 2.45) is 5.73 Å². The maximum Gasteiger partial charge on any atom is 0.307 e. The van der Waals surface area contributed by atoms with E-state index in [1.165, 1.54) is 0 Å². The van der Waals surface area contributed by atoms with Gasteiger partial charge in [0.1, 0.15) is 0 Å². The first-order valence-corrected chi connectivity index (χ1v) is 5.71. The molecule has 0 unspecified atom stereocenters. The summed E-state index contributed by atoms with van der Waals surface area (Å²) in [5, 5.41) is 0. The summed E-state index contributed by atoms with van der Waals surface area (Å²) in [4.78, 5) is 11.3. The maximum absolute atomic E-state index is 11.3. The first-order valence-electron chi connectivity index (χ1n) is 5.71. The number of rotatable bonds is 6. The molecule has 88 valence electrons. The highest BCUT2D eigenvalue weighted by Gasteiger charge is 2.09. The fourth-order valence-corrected chi connectivity index (χ4v) is 1.44. The standard InChI is InChI=1S/C13H19NO2/c1-2-3-9-13(15)16-12(14)10-11-7-5-4-6-8-11/h4-8,12H,2-3,9-10,14H2,1H3/t12-/m1/s1. The molecule has 1 aromatic carbocycles. The average molecular weight is 221 g/mol. The Labute approximate surface area is 96.6 Å². The predicted octanol–water partition coefficient (Wildman–Crippen LogP) is 2.25. The minimum absolute atomic E-state index is 0.203. The van der Waals surface area contributed by atoms with Crippen molar-refractivity contribution >= 4 is 5.97 Å². The number of benzene rings is 1. The molecule has 0 aliphatic heterocycles. The summed E-state index contributed by atoms with van der Waals surface area (Å²) in [5.41, 5.74) is 6.82. The van der Waals surface area contributed by atoms with Crippen LogP contribution in [0.4, 0.5) is 0 Å². The van der Waals surface area contributed by atoms with Gasteiger partial charge in [0.15, 0.2) is 6.23 Å². The van der Waals surface area contributed by atoms with Crippen LogP contribution in [0, 0.1) is 0 Å². The van der Waals surface area contributed by atoms with Gasteiger partial charge < -0.3 is 4.74 Å². The van der Waals surface area contributed by atoms with Gasteiger partial charge in [-0.25, -0.2) is 0 Å². The van der Waals surface area contributed by atoms with Crippen molar-refractivity contribution in [3.63, 3.8) is 0 Å². The lowest BCUT2D eigenvalue weighted by Gasteiger charge is -2.12. The van der Waals surface area contributed by atoms with E-state index in [1.807, 2.05) is 37.3 Å². The number of hydrogen-bond acceptors (Lipinski definition) is 3. The molecule has 0 bridgehead atoms. The lowest BCUT2D eigenvalue weighted by Crippen LogP contribution is -2.29.